The van der Waals surface area contributed by atoms with E-state index in [0.29, 0.717) is 13.0 Å². The van der Waals surface area contributed by atoms with Gasteiger partial charge in [0.1, 0.15) is 0 Å². The summed E-state index contributed by atoms with van der Waals surface area (Å²) in [5.74, 6) is -1.27. The van der Waals surface area contributed by atoms with Crippen LogP contribution in [0.2, 0.25) is 0 Å². The van der Waals surface area contributed by atoms with Gasteiger partial charge in [-0.1, -0.05) is 39.0 Å². The molecule has 0 saturated heterocycles. The molecular weight excluding hydrogens is 254 g/mol. The van der Waals surface area contributed by atoms with Gasteiger partial charge in [-0.3, -0.25) is 9.59 Å². The Kier molecular flexibility index (Phi) is 3.84. The number of fused-ring (bicyclic) bond motifs is 1. The minimum atomic E-state index is -0.820. The highest BCUT2D eigenvalue weighted by Gasteiger charge is 2.37. The van der Waals surface area contributed by atoms with Crippen molar-refractivity contribution in [2.45, 2.75) is 39.5 Å². The molecule has 0 fully saturated rings. The van der Waals surface area contributed by atoms with Crippen LogP contribution in [-0.2, 0) is 9.59 Å². The summed E-state index contributed by atoms with van der Waals surface area (Å²) in [6.07, 6.45) is 1.23. The molecule has 0 aliphatic carbocycles. The molecule has 4 nitrogen and oxygen atoms in total. The molecule has 1 unspecified atom stereocenters. The van der Waals surface area contributed by atoms with E-state index < -0.39 is 17.3 Å². The first-order chi connectivity index (χ1) is 9.38. The summed E-state index contributed by atoms with van der Waals surface area (Å²) in [4.78, 5) is 25.8. The Morgan fingerprint density at radius 3 is 2.60 bits per heavy atom. The summed E-state index contributed by atoms with van der Waals surface area (Å²) < 4.78 is 0. The van der Waals surface area contributed by atoms with Crippen molar-refractivity contribution in [2.24, 2.45) is 5.41 Å². The molecule has 1 N–H and O–H groups in total. The van der Waals surface area contributed by atoms with Gasteiger partial charge in [-0.25, -0.2) is 0 Å². The van der Waals surface area contributed by atoms with Gasteiger partial charge in [-0.05, 0) is 24.5 Å². The fraction of sp³-hybridized carbons (Fsp3) is 0.500. The number of carbonyl (C=O) groups excluding carboxylic acids is 1. The first-order valence-electron chi connectivity index (χ1n) is 7.02. The molecule has 20 heavy (non-hydrogen) atoms. The van der Waals surface area contributed by atoms with E-state index in [1.807, 2.05) is 45.0 Å². The maximum absolute atomic E-state index is 12.7. The van der Waals surface area contributed by atoms with Gasteiger partial charge in [0.2, 0.25) is 5.91 Å². The van der Waals surface area contributed by atoms with Crippen LogP contribution >= 0.6 is 0 Å². The number of carboxylic acid groups (broad SMARTS) is 1. The zero-order chi connectivity index (χ0) is 14.9. The van der Waals surface area contributed by atoms with E-state index in [4.69, 9.17) is 0 Å². The molecule has 1 aromatic carbocycles. The fourth-order valence-electron chi connectivity index (χ4n) is 2.55. The highest BCUT2D eigenvalue weighted by molar-refractivity contribution is 5.99. The second kappa shape index (κ2) is 5.27. The molecule has 1 heterocycles. The monoisotopic (exact) mass is 275 g/mol. The van der Waals surface area contributed by atoms with Gasteiger partial charge in [0, 0.05) is 17.6 Å². The van der Waals surface area contributed by atoms with Gasteiger partial charge in [-0.15, -0.1) is 0 Å². The smallest absolute Gasteiger partial charge is 0.311 e. The Morgan fingerprint density at radius 1 is 1.35 bits per heavy atom. The van der Waals surface area contributed by atoms with Crippen LogP contribution in [0.1, 0.15) is 45.1 Å². The lowest BCUT2D eigenvalue weighted by atomic mass is 9.85. The third kappa shape index (κ3) is 2.42. The lowest BCUT2D eigenvalue weighted by Crippen LogP contribution is -2.44. The van der Waals surface area contributed by atoms with E-state index in [2.05, 4.69) is 0 Å². The molecule has 1 aromatic rings. The highest BCUT2D eigenvalue weighted by Crippen LogP contribution is 2.38. The van der Waals surface area contributed by atoms with Crippen LogP contribution in [0.4, 0.5) is 5.69 Å². The maximum atomic E-state index is 12.7. The van der Waals surface area contributed by atoms with Gasteiger partial charge < -0.3 is 10.0 Å². The van der Waals surface area contributed by atoms with E-state index in [-0.39, 0.29) is 5.91 Å². The molecule has 0 bridgehead atoms. The van der Waals surface area contributed by atoms with Crippen molar-refractivity contribution >= 4 is 17.6 Å². The van der Waals surface area contributed by atoms with Crippen molar-refractivity contribution in [1.29, 1.82) is 0 Å². The largest absolute Gasteiger partial charge is 0.481 e. The molecule has 0 spiro atoms. The number of carbonyl (C=O) groups is 2. The van der Waals surface area contributed by atoms with E-state index in [9.17, 15) is 14.7 Å². The average Bonchev–Trinajstić information content (AvgIpc) is 2.45. The number of nitrogens with zero attached hydrogens (tertiary/aromatic N) is 1. The zero-order valence-corrected chi connectivity index (χ0v) is 12.2. The van der Waals surface area contributed by atoms with Crippen LogP contribution < -0.4 is 4.90 Å². The Bertz CT molecular complexity index is 536. The van der Waals surface area contributed by atoms with Crippen LogP contribution in [0, 0.1) is 5.41 Å². The van der Waals surface area contributed by atoms with E-state index in [1.165, 1.54) is 0 Å². The molecule has 0 aromatic heterocycles. The van der Waals surface area contributed by atoms with Gasteiger partial charge in [0.05, 0.1) is 5.92 Å². The van der Waals surface area contributed by atoms with Crippen molar-refractivity contribution in [3.63, 3.8) is 0 Å². The number of carboxylic acids is 1. The molecule has 0 radical (unpaired) electrons. The molecule has 108 valence electrons. The van der Waals surface area contributed by atoms with Crippen molar-refractivity contribution in [2.75, 3.05) is 11.4 Å². The minimum absolute atomic E-state index is 0.0660. The standard InChI is InChI=1S/C16H21NO3/c1-4-16(2,3)15(20)17-10-9-12(14(18)19)11-7-5-6-8-13(11)17/h5-8,12H,4,9-10H2,1-3H3,(H,18,19). The van der Waals surface area contributed by atoms with Crippen molar-refractivity contribution < 1.29 is 14.7 Å². The summed E-state index contributed by atoms with van der Waals surface area (Å²) >= 11 is 0. The molecule has 0 saturated carbocycles. The molecule has 1 atom stereocenters. The second-order valence-electron chi connectivity index (χ2n) is 5.93. The summed E-state index contributed by atoms with van der Waals surface area (Å²) in [6, 6.07) is 7.33. The van der Waals surface area contributed by atoms with Gasteiger partial charge in [0.25, 0.3) is 0 Å². The van der Waals surface area contributed by atoms with E-state index in [1.54, 1.807) is 4.90 Å². The highest BCUT2D eigenvalue weighted by atomic mass is 16.4. The maximum Gasteiger partial charge on any atom is 0.311 e. The normalized spacial score (nSPS) is 18.6. The summed E-state index contributed by atoms with van der Waals surface area (Å²) in [7, 11) is 0. The number of aliphatic carboxylic acids is 1. The number of anilines is 1. The van der Waals surface area contributed by atoms with Crippen LogP contribution in [0.5, 0.6) is 0 Å². The Hall–Kier alpha value is -1.84. The summed E-state index contributed by atoms with van der Waals surface area (Å²) in [5, 5.41) is 9.31. The number of para-hydroxylation sites is 1. The Morgan fingerprint density at radius 2 is 2.00 bits per heavy atom. The van der Waals surface area contributed by atoms with Crippen molar-refractivity contribution in [1.82, 2.24) is 0 Å². The van der Waals surface area contributed by atoms with Crippen LogP contribution in [0.15, 0.2) is 24.3 Å². The summed E-state index contributed by atoms with van der Waals surface area (Å²) in [5.41, 5.74) is 1.06. The van der Waals surface area contributed by atoms with Crippen LogP contribution in [-0.4, -0.2) is 23.5 Å². The van der Waals surface area contributed by atoms with Gasteiger partial charge >= 0.3 is 5.97 Å². The Labute approximate surface area is 119 Å². The van der Waals surface area contributed by atoms with E-state index >= 15 is 0 Å². The topological polar surface area (TPSA) is 57.6 Å². The minimum Gasteiger partial charge on any atom is -0.481 e. The average molecular weight is 275 g/mol. The SMILES string of the molecule is CCC(C)(C)C(=O)N1CCC(C(=O)O)c2ccccc21. The first-order valence-corrected chi connectivity index (χ1v) is 7.02. The molecular formula is C16H21NO3. The van der Waals surface area contributed by atoms with Gasteiger partial charge in [0.15, 0.2) is 0 Å². The van der Waals surface area contributed by atoms with Crippen molar-refractivity contribution in [3.05, 3.63) is 29.8 Å². The van der Waals surface area contributed by atoms with Crippen LogP contribution in [0.25, 0.3) is 0 Å². The first kappa shape index (κ1) is 14.6. The quantitative estimate of drug-likeness (QED) is 0.922. The zero-order valence-electron chi connectivity index (χ0n) is 12.2. The summed E-state index contributed by atoms with van der Waals surface area (Å²) in [6.45, 7) is 6.33. The molecule has 1 amide bonds. The molecule has 1 aliphatic heterocycles. The third-order valence-electron chi connectivity index (χ3n) is 4.25. The number of benzene rings is 1. The lowest BCUT2D eigenvalue weighted by Gasteiger charge is -2.37. The van der Waals surface area contributed by atoms with Gasteiger partial charge in [-0.2, -0.15) is 0 Å². The van der Waals surface area contributed by atoms with Crippen LogP contribution in [0.3, 0.4) is 0 Å². The number of hydrogen-bond acceptors (Lipinski definition) is 2. The fourth-order valence-corrected chi connectivity index (χ4v) is 2.55. The number of amides is 1. The second-order valence-corrected chi connectivity index (χ2v) is 5.93. The molecule has 1 aliphatic rings. The third-order valence-corrected chi connectivity index (χ3v) is 4.25. The molecule has 2 rings (SSSR count). The lowest BCUT2D eigenvalue weighted by molar-refractivity contribution is -0.139. The van der Waals surface area contributed by atoms with E-state index in [0.717, 1.165) is 17.7 Å². The Balaban J connectivity index is 2.42. The number of rotatable bonds is 3. The molecule has 4 heteroatoms. The predicted molar refractivity (Wildman–Crippen MR) is 77.9 cm³/mol. The van der Waals surface area contributed by atoms with Crippen molar-refractivity contribution in [3.8, 4) is 0 Å². The number of hydrogen-bond donors (Lipinski definition) is 1. The predicted octanol–water partition coefficient (Wildman–Crippen LogP) is 3.03.